The Kier molecular flexibility index (Phi) is 5.21. The predicted octanol–water partition coefficient (Wildman–Crippen LogP) is 3.84. The standard InChI is InChI=1S/C22H32N2O2/c1-16(2)18-6-7-20(19-10-15-26-21(18)19)22(25)24-13-8-17(9-14-24)23-11-4-3-5-12-23/h6-7,16-17H,3-5,8-15H2,1-2H3. The minimum Gasteiger partial charge on any atom is -0.493 e. The number of benzene rings is 1. The summed E-state index contributed by atoms with van der Waals surface area (Å²) < 4.78 is 5.89. The summed E-state index contributed by atoms with van der Waals surface area (Å²) in [7, 11) is 0. The molecule has 0 aliphatic carbocycles. The number of hydrogen-bond acceptors (Lipinski definition) is 3. The SMILES string of the molecule is CC(C)c1ccc(C(=O)N2CCC(N3CCCCC3)CC2)c2c1OCC2. The third kappa shape index (κ3) is 3.36. The van der Waals surface area contributed by atoms with Crippen LogP contribution < -0.4 is 4.74 Å². The van der Waals surface area contributed by atoms with Gasteiger partial charge in [0.25, 0.3) is 5.91 Å². The van der Waals surface area contributed by atoms with E-state index >= 15 is 0 Å². The van der Waals surface area contributed by atoms with Crippen molar-refractivity contribution >= 4 is 5.91 Å². The van der Waals surface area contributed by atoms with Crippen LogP contribution in [-0.2, 0) is 6.42 Å². The lowest BCUT2D eigenvalue weighted by Gasteiger charge is -2.40. The molecule has 2 saturated heterocycles. The minimum absolute atomic E-state index is 0.208. The molecule has 4 heteroatoms. The van der Waals surface area contributed by atoms with E-state index in [2.05, 4.69) is 29.7 Å². The Hall–Kier alpha value is -1.55. The average molecular weight is 357 g/mol. The normalized spacial score (nSPS) is 21.7. The van der Waals surface area contributed by atoms with E-state index in [-0.39, 0.29) is 5.91 Å². The summed E-state index contributed by atoms with van der Waals surface area (Å²) in [5, 5.41) is 0. The monoisotopic (exact) mass is 356 g/mol. The van der Waals surface area contributed by atoms with Gasteiger partial charge in [-0.2, -0.15) is 0 Å². The molecule has 0 atom stereocenters. The highest BCUT2D eigenvalue weighted by Gasteiger charge is 2.31. The highest BCUT2D eigenvalue weighted by atomic mass is 16.5. The Morgan fingerprint density at radius 3 is 2.50 bits per heavy atom. The van der Waals surface area contributed by atoms with E-state index in [1.807, 2.05) is 6.07 Å². The van der Waals surface area contributed by atoms with Gasteiger partial charge in [0.05, 0.1) is 6.61 Å². The number of amides is 1. The van der Waals surface area contributed by atoms with Crippen LogP contribution in [0, 0.1) is 0 Å². The van der Waals surface area contributed by atoms with Crippen LogP contribution in [-0.4, -0.2) is 54.5 Å². The van der Waals surface area contributed by atoms with Crippen molar-refractivity contribution in [1.82, 2.24) is 9.80 Å². The van der Waals surface area contributed by atoms with Crippen LogP contribution in [0.1, 0.15) is 73.4 Å². The third-order valence-electron chi connectivity index (χ3n) is 6.40. The maximum Gasteiger partial charge on any atom is 0.254 e. The van der Waals surface area contributed by atoms with E-state index in [1.54, 1.807) is 0 Å². The van der Waals surface area contributed by atoms with Gasteiger partial charge >= 0.3 is 0 Å². The van der Waals surface area contributed by atoms with Crippen LogP contribution in [0.2, 0.25) is 0 Å². The van der Waals surface area contributed by atoms with Gasteiger partial charge in [0, 0.05) is 36.7 Å². The molecule has 0 N–H and O–H groups in total. The van der Waals surface area contributed by atoms with Crippen LogP contribution in [0.3, 0.4) is 0 Å². The van der Waals surface area contributed by atoms with E-state index in [0.717, 1.165) is 49.2 Å². The number of nitrogens with zero attached hydrogens (tertiary/aromatic N) is 2. The van der Waals surface area contributed by atoms with Gasteiger partial charge in [0.15, 0.2) is 0 Å². The number of ether oxygens (including phenoxy) is 1. The Balaban J connectivity index is 1.45. The Morgan fingerprint density at radius 1 is 1.08 bits per heavy atom. The highest BCUT2D eigenvalue weighted by Crippen LogP contribution is 2.37. The molecule has 0 unspecified atom stereocenters. The maximum absolute atomic E-state index is 13.2. The molecule has 3 heterocycles. The maximum atomic E-state index is 13.2. The second-order valence-corrected chi connectivity index (χ2v) is 8.38. The van der Waals surface area contributed by atoms with Crippen LogP contribution in [0.4, 0.5) is 0 Å². The van der Waals surface area contributed by atoms with Crippen molar-refractivity contribution in [1.29, 1.82) is 0 Å². The number of fused-ring (bicyclic) bond motifs is 1. The van der Waals surface area contributed by atoms with Gasteiger partial charge in [-0.1, -0.05) is 26.3 Å². The van der Waals surface area contributed by atoms with Crippen molar-refractivity contribution in [2.24, 2.45) is 0 Å². The molecular formula is C22H32N2O2. The first-order valence-electron chi connectivity index (χ1n) is 10.5. The fourth-order valence-corrected chi connectivity index (χ4v) is 4.86. The first kappa shape index (κ1) is 17.8. The molecule has 0 radical (unpaired) electrons. The molecule has 1 aromatic rings. The van der Waals surface area contributed by atoms with Crippen LogP contribution >= 0.6 is 0 Å². The van der Waals surface area contributed by atoms with Crippen molar-refractivity contribution < 1.29 is 9.53 Å². The quantitative estimate of drug-likeness (QED) is 0.825. The summed E-state index contributed by atoms with van der Waals surface area (Å²) in [6, 6.07) is 4.82. The average Bonchev–Trinajstić information content (AvgIpc) is 3.17. The van der Waals surface area contributed by atoms with Gasteiger partial charge in [0.2, 0.25) is 0 Å². The third-order valence-corrected chi connectivity index (χ3v) is 6.40. The highest BCUT2D eigenvalue weighted by molar-refractivity contribution is 5.97. The minimum atomic E-state index is 0.208. The number of piperidine rings is 2. The van der Waals surface area contributed by atoms with Gasteiger partial charge in [-0.05, 0) is 56.3 Å². The molecule has 0 bridgehead atoms. The fraction of sp³-hybridized carbons (Fsp3) is 0.682. The van der Waals surface area contributed by atoms with E-state index in [9.17, 15) is 4.79 Å². The number of rotatable bonds is 3. The Bertz CT molecular complexity index is 656. The van der Waals surface area contributed by atoms with Crippen LogP contribution in [0.5, 0.6) is 5.75 Å². The summed E-state index contributed by atoms with van der Waals surface area (Å²) in [5.41, 5.74) is 3.25. The smallest absolute Gasteiger partial charge is 0.254 e. The Labute approximate surface area is 157 Å². The zero-order valence-corrected chi connectivity index (χ0v) is 16.3. The number of likely N-dealkylation sites (tertiary alicyclic amines) is 2. The summed E-state index contributed by atoms with van der Waals surface area (Å²) >= 11 is 0. The molecule has 0 saturated carbocycles. The molecular weight excluding hydrogens is 324 g/mol. The van der Waals surface area contributed by atoms with Gasteiger partial charge < -0.3 is 14.5 Å². The topological polar surface area (TPSA) is 32.8 Å². The molecule has 0 spiro atoms. The molecule has 1 amide bonds. The summed E-state index contributed by atoms with van der Waals surface area (Å²) in [5.74, 6) is 1.61. The summed E-state index contributed by atoms with van der Waals surface area (Å²) in [6.45, 7) is 9.36. The van der Waals surface area contributed by atoms with Crippen LogP contribution in [0.25, 0.3) is 0 Å². The van der Waals surface area contributed by atoms with Crippen molar-refractivity contribution in [3.05, 3.63) is 28.8 Å². The molecule has 3 aliphatic rings. The van der Waals surface area contributed by atoms with Crippen molar-refractivity contribution in [2.75, 3.05) is 32.8 Å². The van der Waals surface area contributed by atoms with Gasteiger partial charge in [-0.25, -0.2) is 0 Å². The molecule has 142 valence electrons. The van der Waals surface area contributed by atoms with E-state index < -0.39 is 0 Å². The Morgan fingerprint density at radius 2 is 1.81 bits per heavy atom. The molecule has 1 aromatic carbocycles. The first-order chi connectivity index (χ1) is 12.6. The van der Waals surface area contributed by atoms with Gasteiger partial charge in [0.1, 0.15) is 5.75 Å². The van der Waals surface area contributed by atoms with Crippen molar-refractivity contribution in [2.45, 2.75) is 64.3 Å². The van der Waals surface area contributed by atoms with E-state index in [1.165, 1.54) is 37.9 Å². The zero-order valence-electron chi connectivity index (χ0n) is 16.3. The van der Waals surface area contributed by atoms with Gasteiger partial charge in [-0.3, -0.25) is 4.79 Å². The molecule has 0 aromatic heterocycles. The molecule has 4 rings (SSSR count). The fourth-order valence-electron chi connectivity index (χ4n) is 4.86. The summed E-state index contributed by atoms with van der Waals surface area (Å²) in [6.07, 6.45) is 7.17. The molecule has 2 fully saturated rings. The second kappa shape index (κ2) is 7.59. The lowest BCUT2D eigenvalue weighted by Crippen LogP contribution is -2.48. The number of hydrogen-bond donors (Lipinski definition) is 0. The first-order valence-corrected chi connectivity index (χ1v) is 10.5. The van der Waals surface area contributed by atoms with Crippen molar-refractivity contribution in [3.8, 4) is 5.75 Å². The van der Waals surface area contributed by atoms with Crippen LogP contribution in [0.15, 0.2) is 12.1 Å². The summed E-state index contributed by atoms with van der Waals surface area (Å²) in [4.78, 5) is 17.9. The zero-order chi connectivity index (χ0) is 18.1. The molecule has 3 aliphatic heterocycles. The largest absolute Gasteiger partial charge is 0.493 e. The number of carbonyl (C=O) groups excluding carboxylic acids is 1. The second-order valence-electron chi connectivity index (χ2n) is 8.38. The lowest BCUT2D eigenvalue weighted by atomic mass is 9.94. The predicted molar refractivity (Wildman–Crippen MR) is 104 cm³/mol. The van der Waals surface area contributed by atoms with Gasteiger partial charge in [-0.15, -0.1) is 0 Å². The van der Waals surface area contributed by atoms with E-state index in [4.69, 9.17) is 4.74 Å². The number of carbonyl (C=O) groups is 1. The molecule has 4 nitrogen and oxygen atoms in total. The van der Waals surface area contributed by atoms with Crippen molar-refractivity contribution in [3.63, 3.8) is 0 Å². The lowest BCUT2D eigenvalue weighted by molar-refractivity contribution is 0.0589. The molecule has 26 heavy (non-hydrogen) atoms. The van der Waals surface area contributed by atoms with E-state index in [0.29, 0.717) is 18.6 Å².